The van der Waals surface area contributed by atoms with E-state index in [-0.39, 0.29) is 29.3 Å². The fourth-order valence-electron chi connectivity index (χ4n) is 4.88. The van der Waals surface area contributed by atoms with Crippen LogP contribution in [0.1, 0.15) is 57.2 Å². The highest BCUT2D eigenvalue weighted by Crippen LogP contribution is 2.22. The van der Waals surface area contributed by atoms with Crippen molar-refractivity contribution < 1.29 is 23.1 Å². The van der Waals surface area contributed by atoms with Gasteiger partial charge in [-0.1, -0.05) is 42.5 Å². The fourth-order valence-corrected chi connectivity index (χ4v) is 5.51. The lowest BCUT2D eigenvalue weighted by Crippen LogP contribution is -2.48. The van der Waals surface area contributed by atoms with E-state index in [2.05, 4.69) is 10.2 Å². The van der Waals surface area contributed by atoms with Gasteiger partial charge >= 0.3 is 0 Å². The van der Waals surface area contributed by atoms with Crippen LogP contribution in [0.3, 0.4) is 0 Å². The number of sulfone groups is 1. The smallest absolute Gasteiger partial charge is 0.251 e. The number of rotatable bonds is 11. The zero-order valence-corrected chi connectivity index (χ0v) is 23.7. The van der Waals surface area contributed by atoms with Crippen molar-refractivity contribution >= 4 is 21.7 Å². The second-order valence-corrected chi connectivity index (χ2v) is 12.6. The van der Waals surface area contributed by atoms with Crippen LogP contribution in [0.4, 0.5) is 0 Å². The molecule has 2 aromatic carbocycles. The van der Waals surface area contributed by atoms with Gasteiger partial charge in [-0.2, -0.15) is 0 Å². The molecule has 8 nitrogen and oxygen atoms in total. The van der Waals surface area contributed by atoms with Gasteiger partial charge in [0.1, 0.15) is 5.60 Å². The SMILES string of the molecule is CCN(C(=O)Cc1ccc(S(C)(=O)=O)cc1)C1CCN(CC[C@H](NC(=O)C(C)(C)O)c2ccccc2)CC1. The van der Waals surface area contributed by atoms with Crippen molar-refractivity contribution in [1.29, 1.82) is 0 Å². The van der Waals surface area contributed by atoms with Crippen LogP contribution >= 0.6 is 0 Å². The van der Waals surface area contributed by atoms with Crippen molar-refractivity contribution in [2.45, 2.75) is 69.0 Å². The number of hydrogen-bond donors (Lipinski definition) is 2. The Balaban J connectivity index is 1.54. The average Bonchev–Trinajstić information content (AvgIpc) is 2.87. The van der Waals surface area contributed by atoms with E-state index < -0.39 is 21.3 Å². The van der Waals surface area contributed by atoms with Gasteiger partial charge in [0.05, 0.1) is 17.4 Å². The summed E-state index contributed by atoms with van der Waals surface area (Å²) in [5.74, 6) is -0.343. The van der Waals surface area contributed by atoms with Gasteiger partial charge in [0.15, 0.2) is 9.84 Å². The summed E-state index contributed by atoms with van der Waals surface area (Å²) in [5, 5.41) is 13.1. The van der Waals surface area contributed by atoms with Gasteiger partial charge in [-0.25, -0.2) is 8.42 Å². The summed E-state index contributed by atoms with van der Waals surface area (Å²) in [5.41, 5.74) is 0.364. The van der Waals surface area contributed by atoms with Crippen LogP contribution in [-0.2, 0) is 25.8 Å². The predicted octanol–water partition coefficient (Wildman–Crippen LogP) is 2.96. The molecule has 2 N–H and O–H groups in total. The van der Waals surface area contributed by atoms with Gasteiger partial charge in [0, 0.05) is 38.5 Å². The molecule has 0 unspecified atom stereocenters. The summed E-state index contributed by atoms with van der Waals surface area (Å²) in [4.78, 5) is 30.1. The Kier molecular flexibility index (Phi) is 10.1. The number of benzene rings is 2. The van der Waals surface area contributed by atoms with E-state index in [0.29, 0.717) is 6.54 Å². The Hall–Kier alpha value is -2.75. The summed E-state index contributed by atoms with van der Waals surface area (Å²) in [7, 11) is -3.26. The predicted molar refractivity (Wildman–Crippen MR) is 148 cm³/mol. The van der Waals surface area contributed by atoms with Gasteiger partial charge in [-0.3, -0.25) is 9.59 Å². The van der Waals surface area contributed by atoms with Crippen molar-refractivity contribution in [3.05, 3.63) is 65.7 Å². The molecule has 0 radical (unpaired) electrons. The largest absolute Gasteiger partial charge is 0.381 e. The lowest BCUT2D eigenvalue weighted by atomic mass is 9.99. The van der Waals surface area contributed by atoms with Crippen LogP contribution in [-0.4, -0.2) is 79.2 Å². The molecule has 2 amide bonds. The molecule has 1 aliphatic rings. The molecule has 1 aliphatic heterocycles. The molecule has 1 fully saturated rings. The van der Waals surface area contributed by atoms with Gasteiger partial charge in [-0.15, -0.1) is 0 Å². The van der Waals surface area contributed by atoms with Crippen molar-refractivity contribution in [3.63, 3.8) is 0 Å². The van der Waals surface area contributed by atoms with Crippen LogP contribution in [0.25, 0.3) is 0 Å². The first-order valence-electron chi connectivity index (χ1n) is 13.3. The molecule has 208 valence electrons. The fraction of sp³-hybridized carbons (Fsp3) is 0.517. The first kappa shape index (κ1) is 29.8. The first-order valence-corrected chi connectivity index (χ1v) is 15.2. The maximum absolute atomic E-state index is 13.1. The number of amides is 2. The minimum atomic E-state index is -3.26. The lowest BCUT2D eigenvalue weighted by molar-refractivity contribution is -0.137. The van der Waals surface area contributed by atoms with E-state index in [1.165, 1.54) is 20.1 Å². The van der Waals surface area contributed by atoms with Crippen molar-refractivity contribution in [2.75, 3.05) is 32.4 Å². The molecule has 1 heterocycles. The van der Waals surface area contributed by atoms with Crippen molar-refractivity contribution in [1.82, 2.24) is 15.1 Å². The third kappa shape index (κ3) is 8.38. The average molecular weight is 544 g/mol. The molecular weight excluding hydrogens is 502 g/mol. The number of carbonyl (C=O) groups is 2. The molecule has 2 aromatic rings. The topological polar surface area (TPSA) is 107 Å². The maximum atomic E-state index is 13.1. The van der Waals surface area contributed by atoms with E-state index >= 15 is 0 Å². The minimum absolute atomic E-state index is 0.0523. The molecule has 0 spiro atoms. The highest BCUT2D eigenvalue weighted by Gasteiger charge is 2.29. The van der Waals surface area contributed by atoms with Crippen molar-refractivity contribution in [3.8, 4) is 0 Å². The highest BCUT2D eigenvalue weighted by molar-refractivity contribution is 7.90. The van der Waals surface area contributed by atoms with Crippen molar-refractivity contribution in [2.24, 2.45) is 0 Å². The van der Waals surface area contributed by atoms with Gasteiger partial charge in [0.25, 0.3) is 5.91 Å². The van der Waals surface area contributed by atoms with Crippen LogP contribution in [0.15, 0.2) is 59.5 Å². The lowest BCUT2D eigenvalue weighted by Gasteiger charge is -2.38. The number of nitrogens with one attached hydrogen (secondary N) is 1. The third-order valence-electron chi connectivity index (χ3n) is 7.16. The van der Waals surface area contributed by atoms with Crippen LogP contribution in [0.2, 0.25) is 0 Å². The number of likely N-dealkylation sites (N-methyl/N-ethyl adjacent to an activating group) is 1. The standard InChI is InChI=1S/C29H41N3O5S/c1-5-32(27(33)21-22-11-13-25(14-12-22)38(4,36)37)24-15-18-31(19-16-24)20-17-26(23-9-7-6-8-10-23)30-28(34)29(2,3)35/h6-14,24,26,35H,5,15-21H2,1-4H3,(H,30,34)/t26-/m0/s1. The van der Waals surface area contributed by atoms with Gasteiger partial charge in [0.2, 0.25) is 5.91 Å². The number of nitrogens with zero attached hydrogens (tertiary/aromatic N) is 2. The summed E-state index contributed by atoms with van der Waals surface area (Å²) in [6, 6.07) is 16.3. The molecule has 0 bridgehead atoms. The Morgan fingerprint density at radius 1 is 1.08 bits per heavy atom. The second-order valence-electron chi connectivity index (χ2n) is 10.6. The monoisotopic (exact) mass is 543 g/mol. The molecule has 1 saturated heterocycles. The van der Waals surface area contributed by atoms with Gasteiger partial charge in [-0.05, 0) is 63.3 Å². The number of carbonyl (C=O) groups excluding carboxylic acids is 2. The summed E-state index contributed by atoms with van der Waals surface area (Å²) >= 11 is 0. The zero-order chi connectivity index (χ0) is 27.9. The van der Waals surface area contributed by atoms with E-state index in [0.717, 1.165) is 50.0 Å². The minimum Gasteiger partial charge on any atom is -0.381 e. The molecule has 0 aromatic heterocycles. The Morgan fingerprint density at radius 2 is 1.68 bits per heavy atom. The quantitative estimate of drug-likeness (QED) is 0.451. The highest BCUT2D eigenvalue weighted by atomic mass is 32.2. The Bertz CT molecular complexity index is 1170. The number of likely N-dealkylation sites (tertiary alicyclic amines) is 1. The second kappa shape index (κ2) is 12.9. The molecular formula is C29H41N3O5S. The van der Waals surface area contributed by atoms with Crippen LogP contribution in [0.5, 0.6) is 0 Å². The summed E-state index contributed by atoms with van der Waals surface area (Å²) in [6.07, 6.45) is 3.89. The molecule has 9 heteroatoms. The molecule has 3 rings (SSSR count). The molecule has 0 saturated carbocycles. The van der Waals surface area contributed by atoms with E-state index in [4.69, 9.17) is 0 Å². The van der Waals surface area contributed by atoms with Crippen LogP contribution in [0, 0.1) is 0 Å². The third-order valence-corrected chi connectivity index (χ3v) is 8.29. The first-order chi connectivity index (χ1) is 17.9. The molecule has 38 heavy (non-hydrogen) atoms. The summed E-state index contributed by atoms with van der Waals surface area (Å²) in [6.45, 7) is 8.11. The Labute approximate surface area is 226 Å². The van der Waals surface area contributed by atoms with E-state index in [1.54, 1.807) is 24.3 Å². The normalized spacial score (nSPS) is 16.1. The molecule has 0 aliphatic carbocycles. The number of aliphatic hydroxyl groups is 1. The van der Waals surface area contributed by atoms with E-state index in [9.17, 15) is 23.1 Å². The molecule has 1 atom stereocenters. The summed E-state index contributed by atoms with van der Waals surface area (Å²) < 4.78 is 23.4. The number of hydrogen-bond acceptors (Lipinski definition) is 6. The zero-order valence-electron chi connectivity index (χ0n) is 22.9. The maximum Gasteiger partial charge on any atom is 0.251 e. The van der Waals surface area contributed by atoms with Crippen LogP contribution < -0.4 is 5.32 Å². The number of piperidine rings is 1. The Morgan fingerprint density at radius 3 is 2.21 bits per heavy atom. The van der Waals surface area contributed by atoms with E-state index in [1.807, 2.05) is 42.2 Å². The van der Waals surface area contributed by atoms with Gasteiger partial charge < -0.3 is 20.2 Å².